The molecule has 0 aliphatic heterocycles. The molecular weight excluding hydrogens is 252 g/mol. The van der Waals surface area contributed by atoms with Gasteiger partial charge in [0.1, 0.15) is 5.82 Å². The number of hydrogen-bond acceptors (Lipinski definition) is 4. The first-order valence-electron chi connectivity index (χ1n) is 7.35. The van der Waals surface area contributed by atoms with Crippen molar-refractivity contribution >= 4 is 11.7 Å². The first kappa shape index (κ1) is 16.4. The zero-order chi connectivity index (χ0) is 15.0. The van der Waals surface area contributed by atoms with E-state index in [2.05, 4.69) is 29.0 Å². The Balaban J connectivity index is 2.51. The molecule has 0 radical (unpaired) electrons. The minimum atomic E-state index is -0.414. The van der Waals surface area contributed by atoms with Gasteiger partial charge in [-0.05, 0) is 31.9 Å². The Labute approximate surface area is 121 Å². The third-order valence-electron chi connectivity index (χ3n) is 3.30. The molecule has 1 atom stereocenters. The standard InChI is InChI=1S/C15H26N4O/c1-4-7-13(16)15(20)18-11-12-8-9-14(17-10-12)19(5-2)6-3/h8-10,13H,4-7,11,16H2,1-3H3,(H,18,20). The molecule has 112 valence electrons. The van der Waals surface area contributed by atoms with Gasteiger partial charge in [-0.15, -0.1) is 0 Å². The van der Waals surface area contributed by atoms with E-state index in [0.29, 0.717) is 13.0 Å². The predicted molar refractivity (Wildman–Crippen MR) is 82.5 cm³/mol. The van der Waals surface area contributed by atoms with Gasteiger partial charge in [0, 0.05) is 25.8 Å². The van der Waals surface area contributed by atoms with Crippen molar-refractivity contribution in [3.8, 4) is 0 Å². The number of anilines is 1. The normalized spacial score (nSPS) is 12.0. The summed E-state index contributed by atoms with van der Waals surface area (Å²) in [6.07, 6.45) is 3.43. The Morgan fingerprint density at radius 3 is 2.55 bits per heavy atom. The average Bonchev–Trinajstić information content (AvgIpc) is 2.47. The summed E-state index contributed by atoms with van der Waals surface area (Å²) >= 11 is 0. The summed E-state index contributed by atoms with van der Waals surface area (Å²) in [6, 6.07) is 3.56. The Hall–Kier alpha value is -1.62. The number of nitrogens with zero attached hydrogens (tertiary/aromatic N) is 2. The van der Waals surface area contributed by atoms with E-state index in [4.69, 9.17) is 5.73 Å². The fourth-order valence-corrected chi connectivity index (χ4v) is 2.02. The Kier molecular flexibility index (Phi) is 7.01. The molecule has 0 spiro atoms. The fraction of sp³-hybridized carbons (Fsp3) is 0.600. The van der Waals surface area contributed by atoms with E-state index < -0.39 is 6.04 Å². The summed E-state index contributed by atoms with van der Waals surface area (Å²) < 4.78 is 0. The van der Waals surface area contributed by atoms with Gasteiger partial charge in [-0.1, -0.05) is 19.4 Å². The van der Waals surface area contributed by atoms with Gasteiger partial charge in [0.05, 0.1) is 6.04 Å². The van der Waals surface area contributed by atoms with Crippen LogP contribution in [0.25, 0.3) is 0 Å². The highest BCUT2D eigenvalue weighted by Gasteiger charge is 2.11. The molecule has 0 aromatic carbocycles. The van der Waals surface area contributed by atoms with Gasteiger partial charge in [-0.2, -0.15) is 0 Å². The zero-order valence-corrected chi connectivity index (χ0v) is 12.7. The summed E-state index contributed by atoms with van der Waals surface area (Å²) in [5.41, 5.74) is 6.74. The second-order valence-electron chi connectivity index (χ2n) is 4.81. The SMILES string of the molecule is CCCC(N)C(=O)NCc1ccc(N(CC)CC)nc1. The van der Waals surface area contributed by atoms with Crippen molar-refractivity contribution in [2.75, 3.05) is 18.0 Å². The lowest BCUT2D eigenvalue weighted by atomic mass is 10.1. The van der Waals surface area contributed by atoms with Crippen LogP contribution in [-0.4, -0.2) is 30.0 Å². The number of amides is 1. The van der Waals surface area contributed by atoms with Crippen molar-refractivity contribution in [2.24, 2.45) is 5.73 Å². The number of carbonyl (C=O) groups excluding carboxylic acids is 1. The number of nitrogens with one attached hydrogen (secondary N) is 1. The van der Waals surface area contributed by atoms with Crippen LogP contribution in [0.3, 0.4) is 0 Å². The van der Waals surface area contributed by atoms with Crippen LogP contribution in [0, 0.1) is 0 Å². The molecule has 20 heavy (non-hydrogen) atoms. The van der Waals surface area contributed by atoms with E-state index in [1.807, 2.05) is 19.1 Å². The van der Waals surface area contributed by atoms with Crippen molar-refractivity contribution in [2.45, 2.75) is 46.2 Å². The Morgan fingerprint density at radius 2 is 2.05 bits per heavy atom. The van der Waals surface area contributed by atoms with Gasteiger partial charge in [-0.3, -0.25) is 4.79 Å². The highest BCUT2D eigenvalue weighted by atomic mass is 16.2. The molecule has 1 amide bonds. The fourth-order valence-electron chi connectivity index (χ4n) is 2.02. The van der Waals surface area contributed by atoms with E-state index in [0.717, 1.165) is 30.9 Å². The minimum absolute atomic E-state index is 0.0975. The molecule has 0 bridgehead atoms. The molecule has 0 saturated carbocycles. The Morgan fingerprint density at radius 1 is 1.35 bits per heavy atom. The quantitative estimate of drug-likeness (QED) is 0.759. The van der Waals surface area contributed by atoms with Gasteiger partial charge < -0.3 is 16.0 Å². The van der Waals surface area contributed by atoms with E-state index in [1.165, 1.54) is 0 Å². The number of pyridine rings is 1. The van der Waals surface area contributed by atoms with Crippen LogP contribution in [0.4, 0.5) is 5.82 Å². The number of carbonyl (C=O) groups is 1. The number of rotatable bonds is 8. The monoisotopic (exact) mass is 278 g/mol. The summed E-state index contributed by atoms with van der Waals surface area (Å²) in [6.45, 7) is 8.57. The van der Waals surface area contributed by atoms with Gasteiger partial charge in [0.25, 0.3) is 0 Å². The number of aromatic nitrogens is 1. The number of nitrogens with two attached hydrogens (primary N) is 1. The third-order valence-corrected chi connectivity index (χ3v) is 3.30. The second kappa shape index (κ2) is 8.53. The molecule has 3 N–H and O–H groups in total. The van der Waals surface area contributed by atoms with Crippen LogP contribution in [0.5, 0.6) is 0 Å². The van der Waals surface area contributed by atoms with E-state index in [9.17, 15) is 4.79 Å². The van der Waals surface area contributed by atoms with Crippen LogP contribution in [0.1, 0.15) is 39.2 Å². The summed E-state index contributed by atoms with van der Waals surface area (Å²) in [7, 11) is 0. The lowest BCUT2D eigenvalue weighted by molar-refractivity contribution is -0.122. The highest BCUT2D eigenvalue weighted by Crippen LogP contribution is 2.10. The molecule has 5 heteroatoms. The van der Waals surface area contributed by atoms with Crippen molar-refractivity contribution in [3.63, 3.8) is 0 Å². The van der Waals surface area contributed by atoms with Gasteiger partial charge in [0.2, 0.25) is 5.91 Å². The van der Waals surface area contributed by atoms with Crippen molar-refractivity contribution < 1.29 is 4.79 Å². The number of hydrogen-bond donors (Lipinski definition) is 2. The van der Waals surface area contributed by atoms with Crippen molar-refractivity contribution in [1.29, 1.82) is 0 Å². The smallest absolute Gasteiger partial charge is 0.237 e. The van der Waals surface area contributed by atoms with Crippen molar-refractivity contribution in [1.82, 2.24) is 10.3 Å². The van der Waals surface area contributed by atoms with E-state index in [-0.39, 0.29) is 5.91 Å². The molecule has 1 rings (SSSR count). The minimum Gasteiger partial charge on any atom is -0.357 e. The summed E-state index contributed by atoms with van der Waals surface area (Å²) in [4.78, 5) is 18.3. The second-order valence-corrected chi connectivity index (χ2v) is 4.81. The van der Waals surface area contributed by atoms with Gasteiger partial charge in [0.15, 0.2) is 0 Å². The molecule has 1 unspecified atom stereocenters. The largest absolute Gasteiger partial charge is 0.357 e. The summed E-state index contributed by atoms with van der Waals surface area (Å²) in [5, 5.41) is 2.84. The molecule has 0 fully saturated rings. The molecule has 1 aromatic heterocycles. The van der Waals surface area contributed by atoms with Gasteiger partial charge >= 0.3 is 0 Å². The van der Waals surface area contributed by atoms with Crippen LogP contribution in [-0.2, 0) is 11.3 Å². The van der Waals surface area contributed by atoms with E-state index in [1.54, 1.807) is 6.20 Å². The maximum Gasteiger partial charge on any atom is 0.237 e. The molecule has 5 nitrogen and oxygen atoms in total. The first-order valence-corrected chi connectivity index (χ1v) is 7.35. The zero-order valence-electron chi connectivity index (χ0n) is 12.7. The van der Waals surface area contributed by atoms with Crippen LogP contribution in [0.2, 0.25) is 0 Å². The topological polar surface area (TPSA) is 71.2 Å². The lowest BCUT2D eigenvalue weighted by Gasteiger charge is -2.19. The molecule has 0 saturated heterocycles. The summed E-state index contributed by atoms with van der Waals surface area (Å²) in [5.74, 6) is 0.868. The Bertz CT molecular complexity index is 401. The van der Waals surface area contributed by atoms with Crippen LogP contribution >= 0.6 is 0 Å². The van der Waals surface area contributed by atoms with E-state index >= 15 is 0 Å². The maximum absolute atomic E-state index is 11.7. The van der Waals surface area contributed by atoms with Crippen LogP contribution in [0.15, 0.2) is 18.3 Å². The first-order chi connectivity index (χ1) is 9.62. The highest BCUT2D eigenvalue weighted by molar-refractivity contribution is 5.81. The molecule has 0 aliphatic carbocycles. The van der Waals surface area contributed by atoms with Crippen molar-refractivity contribution in [3.05, 3.63) is 23.9 Å². The third kappa shape index (κ3) is 4.81. The van der Waals surface area contributed by atoms with Gasteiger partial charge in [-0.25, -0.2) is 4.98 Å². The van der Waals surface area contributed by atoms with Crippen LogP contribution < -0.4 is 16.0 Å². The molecule has 0 aliphatic rings. The lowest BCUT2D eigenvalue weighted by Crippen LogP contribution is -2.40. The molecular formula is C15H26N4O. The average molecular weight is 278 g/mol. The predicted octanol–water partition coefficient (Wildman–Crippen LogP) is 1.67. The maximum atomic E-state index is 11.7. The molecule has 1 aromatic rings. The molecule has 1 heterocycles.